The molecule has 1 amide bonds. The molecule has 1 aromatic heterocycles. The van der Waals surface area contributed by atoms with Gasteiger partial charge in [-0.3, -0.25) is 9.48 Å². The molecule has 0 saturated carbocycles. The number of ether oxygens (including phenoxy) is 1. The minimum absolute atomic E-state index is 0.137. The van der Waals surface area contributed by atoms with Gasteiger partial charge >= 0.3 is 0 Å². The predicted octanol–water partition coefficient (Wildman–Crippen LogP) is 0.394. The highest BCUT2D eigenvalue weighted by molar-refractivity contribution is 5.97. The third-order valence-electron chi connectivity index (χ3n) is 2.90. The van der Waals surface area contributed by atoms with Crippen LogP contribution in [0.5, 0.6) is 0 Å². The number of nitrogen functional groups attached to an aromatic ring is 1. The van der Waals surface area contributed by atoms with Crippen molar-refractivity contribution in [3.05, 3.63) is 11.9 Å². The normalized spacial score (nSPS) is 19.5. The molecule has 1 atom stereocenters. The van der Waals surface area contributed by atoms with Crippen LogP contribution in [-0.2, 0) is 11.3 Å². The number of carbonyl (C=O) groups excluding carboxylic acids is 1. The predicted molar refractivity (Wildman–Crippen MR) is 63.6 cm³/mol. The number of nitrogens with two attached hydrogens (primary N) is 1. The summed E-state index contributed by atoms with van der Waals surface area (Å²) < 4.78 is 7.04. The van der Waals surface area contributed by atoms with Gasteiger partial charge in [0.05, 0.1) is 18.0 Å². The van der Waals surface area contributed by atoms with Gasteiger partial charge in [0.25, 0.3) is 5.91 Å². The molecule has 0 bridgehead atoms. The maximum absolute atomic E-state index is 12.0. The Balaban J connectivity index is 1.96. The molecule has 0 aromatic carbocycles. The summed E-state index contributed by atoms with van der Waals surface area (Å²) in [5.41, 5.74) is 6.58. The summed E-state index contributed by atoms with van der Waals surface area (Å²) in [6.45, 7) is 3.87. The second-order valence-corrected chi connectivity index (χ2v) is 4.11. The number of nitrogens with one attached hydrogen (secondary N) is 1. The average molecular weight is 238 g/mol. The number of amides is 1. The second kappa shape index (κ2) is 5.18. The lowest BCUT2D eigenvalue weighted by molar-refractivity contribution is 0.0850. The first-order valence-corrected chi connectivity index (χ1v) is 5.93. The Morgan fingerprint density at radius 1 is 1.76 bits per heavy atom. The van der Waals surface area contributed by atoms with E-state index in [1.54, 1.807) is 4.68 Å². The molecule has 2 heterocycles. The van der Waals surface area contributed by atoms with E-state index in [0.717, 1.165) is 19.4 Å². The molecule has 17 heavy (non-hydrogen) atoms. The Morgan fingerprint density at radius 2 is 2.59 bits per heavy atom. The van der Waals surface area contributed by atoms with E-state index in [9.17, 15) is 4.79 Å². The molecule has 6 nitrogen and oxygen atoms in total. The van der Waals surface area contributed by atoms with E-state index < -0.39 is 0 Å². The molecule has 2 rings (SSSR count). The molecule has 1 aromatic rings. The van der Waals surface area contributed by atoms with Gasteiger partial charge in [0.1, 0.15) is 5.69 Å². The third kappa shape index (κ3) is 2.58. The number of aromatic nitrogens is 2. The minimum atomic E-state index is -0.183. The number of hydrogen-bond acceptors (Lipinski definition) is 4. The van der Waals surface area contributed by atoms with Crippen LogP contribution >= 0.6 is 0 Å². The van der Waals surface area contributed by atoms with Crippen LogP contribution < -0.4 is 11.1 Å². The molecule has 0 radical (unpaired) electrons. The molecule has 6 heteroatoms. The van der Waals surface area contributed by atoms with Gasteiger partial charge in [-0.05, 0) is 19.8 Å². The van der Waals surface area contributed by atoms with Crippen LogP contribution in [-0.4, -0.2) is 34.9 Å². The van der Waals surface area contributed by atoms with Gasteiger partial charge in [0, 0.05) is 19.7 Å². The molecular formula is C11H18N4O2. The summed E-state index contributed by atoms with van der Waals surface area (Å²) in [6, 6.07) is 0. The smallest absolute Gasteiger partial charge is 0.271 e. The van der Waals surface area contributed by atoms with Crippen molar-refractivity contribution in [3.8, 4) is 0 Å². The maximum atomic E-state index is 12.0. The SMILES string of the molecule is CCn1ncc(N)c1C(=O)NC[C@@H]1CCCO1. The quantitative estimate of drug-likeness (QED) is 0.795. The van der Waals surface area contributed by atoms with Crippen LogP contribution in [0.25, 0.3) is 0 Å². The Kier molecular flexibility index (Phi) is 3.63. The minimum Gasteiger partial charge on any atom is -0.396 e. The van der Waals surface area contributed by atoms with Crippen molar-refractivity contribution in [3.63, 3.8) is 0 Å². The number of carbonyl (C=O) groups is 1. The van der Waals surface area contributed by atoms with E-state index in [1.807, 2.05) is 6.92 Å². The molecule has 0 spiro atoms. The monoisotopic (exact) mass is 238 g/mol. The van der Waals surface area contributed by atoms with E-state index in [-0.39, 0.29) is 12.0 Å². The van der Waals surface area contributed by atoms with Crippen molar-refractivity contribution in [1.82, 2.24) is 15.1 Å². The zero-order chi connectivity index (χ0) is 12.3. The second-order valence-electron chi connectivity index (χ2n) is 4.11. The first-order chi connectivity index (χ1) is 8.22. The highest BCUT2D eigenvalue weighted by Crippen LogP contribution is 2.13. The third-order valence-corrected chi connectivity index (χ3v) is 2.90. The van der Waals surface area contributed by atoms with Crippen LogP contribution in [0.4, 0.5) is 5.69 Å². The number of anilines is 1. The van der Waals surface area contributed by atoms with Crippen molar-refractivity contribution in [2.75, 3.05) is 18.9 Å². The summed E-state index contributed by atoms with van der Waals surface area (Å²) >= 11 is 0. The highest BCUT2D eigenvalue weighted by atomic mass is 16.5. The number of rotatable bonds is 4. The van der Waals surface area contributed by atoms with E-state index >= 15 is 0 Å². The lowest BCUT2D eigenvalue weighted by Crippen LogP contribution is -2.33. The maximum Gasteiger partial charge on any atom is 0.271 e. The summed E-state index contributed by atoms with van der Waals surface area (Å²) in [7, 11) is 0. The van der Waals surface area contributed by atoms with Crippen molar-refractivity contribution in [1.29, 1.82) is 0 Å². The van der Waals surface area contributed by atoms with E-state index in [0.29, 0.717) is 24.5 Å². The lowest BCUT2D eigenvalue weighted by atomic mass is 10.2. The Bertz CT molecular complexity index is 396. The first-order valence-electron chi connectivity index (χ1n) is 5.93. The topological polar surface area (TPSA) is 82.2 Å². The zero-order valence-electron chi connectivity index (χ0n) is 9.98. The Morgan fingerprint density at radius 3 is 3.24 bits per heavy atom. The summed E-state index contributed by atoms with van der Waals surface area (Å²) in [4.78, 5) is 12.0. The fourth-order valence-electron chi connectivity index (χ4n) is 1.98. The molecule has 1 aliphatic heterocycles. The van der Waals surface area contributed by atoms with Gasteiger partial charge in [-0.1, -0.05) is 0 Å². The van der Waals surface area contributed by atoms with Crippen LogP contribution in [0, 0.1) is 0 Å². The molecule has 0 aliphatic carbocycles. The summed E-state index contributed by atoms with van der Waals surface area (Å²) in [5.74, 6) is -0.183. The average Bonchev–Trinajstić information content (AvgIpc) is 2.94. The Hall–Kier alpha value is -1.56. The van der Waals surface area contributed by atoms with E-state index in [2.05, 4.69) is 10.4 Å². The van der Waals surface area contributed by atoms with Crippen molar-refractivity contribution < 1.29 is 9.53 Å². The number of aryl methyl sites for hydroxylation is 1. The standard InChI is InChI=1S/C11H18N4O2/c1-2-15-10(9(12)7-14-15)11(16)13-6-8-4-3-5-17-8/h7-8H,2-6,12H2,1H3,(H,13,16)/t8-/m0/s1. The Labute approximate surface area is 100 Å². The van der Waals surface area contributed by atoms with Gasteiger partial charge < -0.3 is 15.8 Å². The molecule has 1 aliphatic rings. The largest absolute Gasteiger partial charge is 0.396 e. The highest BCUT2D eigenvalue weighted by Gasteiger charge is 2.19. The molecule has 1 fully saturated rings. The van der Waals surface area contributed by atoms with Crippen LogP contribution in [0.3, 0.4) is 0 Å². The van der Waals surface area contributed by atoms with Gasteiger partial charge in [0.2, 0.25) is 0 Å². The molecule has 94 valence electrons. The number of hydrogen-bond donors (Lipinski definition) is 2. The van der Waals surface area contributed by atoms with Gasteiger partial charge in [-0.2, -0.15) is 5.10 Å². The van der Waals surface area contributed by atoms with Crippen molar-refractivity contribution in [2.45, 2.75) is 32.4 Å². The van der Waals surface area contributed by atoms with Crippen LogP contribution in [0.1, 0.15) is 30.3 Å². The van der Waals surface area contributed by atoms with Crippen LogP contribution in [0.15, 0.2) is 6.20 Å². The van der Waals surface area contributed by atoms with Gasteiger partial charge in [0.15, 0.2) is 0 Å². The molecule has 0 unspecified atom stereocenters. The van der Waals surface area contributed by atoms with Gasteiger partial charge in [-0.25, -0.2) is 0 Å². The fourth-order valence-corrected chi connectivity index (χ4v) is 1.98. The first kappa shape index (κ1) is 11.9. The molecular weight excluding hydrogens is 220 g/mol. The summed E-state index contributed by atoms with van der Waals surface area (Å²) in [6.07, 6.45) is 3.71. The van der Waals surface area contributed by atoms with Crippen molar-refractivity contribution >= 4 is 11.6 Å². The van der Waals surface area contributed by atoms with Gasteiger partial charge in [-0.15, -0.1) is 0 Å². The van der Waals surface area contributed by atoms with E-state index in [4.69, 9.17) is 10.5 Å². The van der Waals surface area contributed by atoms with E-state index in [1.165, 1.54) is 6.20 Å². The summed E-state index contributed by atoms with van der Waals surface area (Å²) in [5, 5.41) is 6.87. The fraction of sp³-hybridized carbons (Fsp3) is 0.636. The molecule has 1 saturated heterocycles. The van der Waals surface area contributed by atoms with Crippen molar-refractivity contribution in [2.24, 2.45) is 0 Å². The zero-order valence-corrected chi connectivity index (χ0v) is 9.98. The molecule has 3 N–H and O–H groups in total. The van der Waals surface area contributed by atoms with Crippen LogP contribution in [0.2, 0.25) is 0 Å². The number of nitrogens with zero attached hydrogens (tertiary/aromatic N) is 2. The lowest BCUT2D eigenvalue weighted by Gasteiger charge is -2.11.